The molecular weight excluding hydrogens is 279 g/mol. The summed E-state index contributed by atoms with van der Waals surface area (Å²) in [4.78, 5) is 0. The van der Waals surface area contributed by atoms with Crippen molar-refractivity contribution in [1.82, 2.24) is 5.32 Å². The van der Waals surface area contributed by atoms with E-state index in [1.54, 1.807) is 0 Å². The largest absolute Gasteiger partial charge is 0.493 e. The number of hydrogen-bond acceptors (Lipinski definition) is 2. The Balaban J connectivity index is 1.76. The third-order valence-electron chi connectivity index (χ3n) is 3.59. The molecule has 0 aromatic heterocycles. The summed E-state index contributed by atoms with van der Waals surface area (Å²) in [5.74, 6) is -2.16. The molecule has 2 aromatic rings. The molecule has 1 aliphatic rings. The Bertz CT molecular complexity index is 660. The van der Waals surface area contributed by atoms with Crippen LogP contribution in [0.1, 0.15) is 23.6 Å². The number of hydrogen-bond donors (Lipinski definition) is 1. The van der Waals surface area contributed by atoms with Gasteiger partial charge in [-0.3, -0.25) is 0 Å². The molecule has 21 heavy (non-hydrogen) atoms. The molecule has 0 saturated carbocycles. The van der Waals surface area contributed by atoms with Gasteiger partial charge in [0.15, 0.2) is 11.6 Å². The second-order valence-corrected chi connectivity index (χ2v) is 4.97. The molecule has 1 unspecified atom stereocenters. The second-order valence-electron chi connectivity index (χ2n) is 4.97. The summed E-state index contributed by atoms with van der Waals surface area (Å²) in [6, 6.07) is 9.07. The summed E-state index contributed by atoms with van der Waals surface area (Å²) >= 11 is 0. The zero-order valence-electron chi connectivity index (χ0n) is 11.2. The van der Waals surface area contributed by atoms with Crippen LogP contribution in [0.5, 0.6) is 5.75 Å². The molecule has 0 amide bonds. The number of rotatable bonds is 3. The van der Waals surface area contributed by atoms with Gasteiger partial charge in [0.2, 0.25) is 0 Å². The highest BCUT2D eigenvalue weighted by Gasteiger charge is 2.21. The minimum Gasteiger partial charge on any atom is -0.493 e. The second kappa shape index (κ2) is 5.77. The Labute approximate surface area is 120 Å². The van der Waals surface area contributed by atoms with E-state index in [0.29, 0.717) is 12.7 Å². The van der Waals surface area contributed by atoms with Crippen molar-refractivity contribution in [3.05, 3.63) is 65.0 Å². The fraction of sp³-hybridized carbons (Fsp3) is 0.250. The van der Waals surface area contributed by atoms with Crippen molar-refractivity contribution < 1.29 is 17.9 Å². The Hall–Kier alpha value is -2.01. The van der Waals surface area contributed by atoms with Crippen molar-refractivity contribution in [2.45, 2.75) is 19.0 Å². The monoisotopic (exact) mass is 293 g/mol. The van der Waals surface area contributed by atoms with Crippen LogP contribution in [0.25, 0.3) is 0 Å². The first kappa shape index (κ1) is 13.9. The van der Waals surface area contributed by atoms with Crippen molar-refractivity contribution in [3.8, 4) is 5.75 Å². The number of fused-ring (bicyclic) bond motifs is 1. The molecule has 0 spiro atoms. The van der Waals surface area contributed by atoms with E-state index in [9.17, 15) is 13.2 Å². The molecule has 1 heterocycles. The Kier molecular flexibility index (Phi) is 3.84. The minimum absolute atomic E-state index is 0.00228. The lowest BCUT2D eigenvalue weighted by molar-refractivity contribution is 0.252. The molecule has 1 atom stereocenters. The molecule has 2 nitrogen and oxygen atoms in total. The summed E-state index contributed by atoms with van der Waals surface area (Å²) in [5, 5.41) is 3.17. The van der Waals surface area contributed by atoms with Crippen molar-refractivity contribution in [2.24, 2.45) is 0 Å². The summed E-state index contributed by atoms with van der Waals surface area (Å²) in [6.07, 6.45) is 0.738. The lowest BCUT2D eigenvalue weighted by Gasteiger charge is -2.26. The molecular formula is C16H14F3NO. The third-order valence-corrected chi connectivity index (χ3v) is 3.59. The Morgan fingerprint density at radius 3 is 2.67 bits per heavy atom. The van der Waals surface area contributed by atoms with Gasteiger partial charge in [-0.25, -0.2) is 13.2 Å². The highest BCUT2D eigenvalue weighted by molar-refractivity contribution is 5.37. The predicted octanol–water partition coefficient (Wildman–Crippen LogP) is 3.72. The number of para-hydroxylation sites is 1. The number of ether oxygens (including phenoxy) is 1. The van der Waals surface area contributed by atoms with Crippen molar-refractivity contribution >= 4 is 0 Å². The molecule has 110 valence electrons. The summed E-state index contributed by atoms with van der Waals surface area (Å²) in [7, 11) is 0. The van der Waals surface area contributed by atoms with Gasteiger partial charge in [0.05, 0.1) is 6.61 Å². The Morgan fingerprint density at radius 2 is 1.81 bits per heavy atom. The van der Waals surface area contributed by atoms with E-state index in [1.165, 1.54) is 0 Å². The van der Waals surface area contributed by atoms with Crippen LogP contribution < -0.4 is 10.1 Å². The van der Waals surface area contributed by atoms with E-state index in [-0.39, 0.29) is 18.2 Å². The molecule has 0 fully saturated rings. The zero-order valence-corrected chi connectivity index (χ0v) is 11.2. The lowest BCUT2D eigenvalue weighted by atomic mass is 10.0. The maximum atomic E-state index is 13.6. The molecule has 0 radical (unpaired) electrons. The number of nitrogens with one attached hydrogen (secondary N) is 1. The van der Waals surface area contributed by atoms with Gasteiger partial charge in [0.25, 0.3) is 0 Å². The number of benzene rings is 2. The average molecular weight is 293 g/mol. The smallest absolute Gasteiger partial charge is 0.161 e. The molecule has 5 heteroatoms. The zero-order chi connectivity index (χ0) is 14.8. The van der Waals surface area contributed by atoms with E-state index in [2.05, 4.69) is 5.32 Å². The topological polar surface area (TPSA) is 21.3 Å². The standard InChI is InChI=1S/C16H14F3NO/c17-12-8-14(19)13(18)7-10(12)9-20-15-5-6-21-16-4-2-1-3-11(15)16/h1-4,7-8,15,20H,5-6,9H2. The van der Waals surface area contributed by atoms with Crippen LogP contribution in [0.4, 0.5) is 13.2 Å². The highest BCUT2D eigenvalue weighted by Crippen LogP contribution is 2.31. The van der Waals surface area contributed by atoms with Crippen molar-refractivity contribution in [2.75, 3.05) is 6.61 Å². The molecule has 0 bridgehead atoms. The van der Waals surface area contributed by atoms with Crippen LogP contribution in [0, 0.1) is 17.5 Å². The molecule has 3 rings (SSSR count). The van der Waals surface area contributed by atoms with Crippen LogP contribution in [0.15, 0.2) is 36.4 Å². The first-order chi connectivity index (χ1) is 10.1. The summed E-state index contributed by atoms with van der Waals surface area (Å²) in [6.45, 7) is 0.691. The first-order valence-corrected chi connectivity index (χ1v) is 6.73. The maximum Gasteiger partial charge on any atom is 0.161 e. The lowest BCUT2D eigenvalue weighted by Crippen LogP contribution is -2.27. The molecule has 2 aromatic carbocycles. The molecule has 1 N–H and O–H groups in total. The van der Waals surface area contributed by atoms with E-state index in [1.807, 2.05) is 24.3 Å². The van der Waals surface area contributed by atoms with Crippen LogP contribution in [0.3, 0.4) is 0 Å². The van der Waals surface area contributed by atoms with E-state index in [4.69, 9.17) is 4.74 Å². The van der Waals surface area contributed by atoms with Crippen LogP contribution in [-0.4, -0.2) is 6.61 Å². The van der Waals surface area contributed by atoms with Gasteiger partial charge in [-0.15, -0.1) is 0 Å². The van der Waals surface area contributed by atoms with E-state index in [0.717, 1.165) is 23.8 Å². The van der Waals surface area contributed by atoms with Crippen LogP contribution in [-0.2, 0) is 6.54 Å². The SMILES string of the molecule is Fc1cc(F)c(CNC2CCOc3ccccc32)cc1F. The van der Waals surface area contributed by atoms with Gasteiger partial charge < -0.3 is 10.1 Å². The van der Waals surface area contributed by atoms with Crippen molar-refractivity contribution in [3.63, 3.8) is 0 Å². The normalized spacial score (nSPS) is 17.2. The van der Waals surface area contributed by atoms with Gasteiger partial charge in [0, 0.05) is 36.2 Å². The summed E-state index contributed by atoms with van der Waals surface area (Å²) < 4.78 is 45.2. The number of halogens is 3. The van der Waals surface area contributed by atoms with Crippen LogP contribution in [0.2, 0.25) is 0 Å². The highest BCUT2D eigenvalue weighted by atomic mass is 19.2. The quantitative estimate of drug-likeness (QED) is 0.871. The Morgan fingerprint density at radius 1 is 1.05 bits per heavy atom. The average Bonchev–Trinajstić information content (AvgIpc) is 2.49. The fourth-order valence-electron chi connectivity index (χ4n) is 2.49. The van der Waals surface area contributed by atoms with Gasteiger partial charge >= 0.3 is 0 Å². The summed E-state index contributed by atoms with van der Waals surface area (Å²) in [5.41, 5.74) is 1.10. The van der Waals surface area contributed by atoms with E-state index >= 15 is 0 Å². The molecule has 1 aliphatic heterocycles. The van der Waals surface area contributed by atoms with Crippen molar-refractivity contribution in [1.29, 1.82) is 0 Å². The van der Waals surface area contributed by atoms with E-state index < -0.39 is 17.5 Å². The molecule has 0 saturated heterocycles. The first-order valence-electron chi connectivity index (χ1n) is 6.73. The third kappa shape index (κ3) is 2.88. The van der Waals surface area contributed by atoms with Crippen LogP contribution >= 0.6 is 0 Å². The fourth-order valence-corrected chi connectivity index (χ4v) is 2.49. The van der Waals surface area contributed by atoms with Gasteiger partial charge in [-0.2, -0.15) is 0 Å². The van der Waals surface area contributed by atoms with Gasteiger partial charge in [0.1, 0.15) is 11.6 Å². The maximum absolute atomic E-state index is 13.6. The minimum atomic E-state index is -1.17. The predicted molar refractivity (Wildman–Crippen MR) is 72.5 cm³/mol. The molecule has 0 aliphatic carbocycles. The van der Waals surface area contributed by atoms with Gasteiger partial charge in [-0.05, 0) is 12.1 Å². The van der Waals surface area contributed by atoms with Gasteiger partial charge in [-0.1, -0.05) is 18.2 Å².